The largest absolute Gasteiger partial charge is 0.319 e. The van der Waals surface area contributed by atoms with Gasteiger partial charge < -0.3 is 5.32 Å². The number of fused-ring (bicyclic) bond motifs is 1. The number of benzene rings is 2. The topological polar surface area (TPSA) is 24.9 Å². The van der Waals surface area contributed by atoms with Crippen molar-refractivity contribution in [2.75, 3.05) is 13.6 Å². The van der Waals surface area contributed by atoms with Crippen molar-refractivity contribution in [2.45, 2.75) is 12.3 Å². The molecular formula is C19H20N2. The van der Waals surface area contributed by atoms with E-state index >= 15 is 0 Å². The predicted octanol–water partition coefficient (Wildman–Crippen LogP) is 3.78. The minimum Gasteiger partial charge on any atom is -0.319 e. The summed E-state index contributed by atoms with van der Waals surface area (Å²) in [6, 6.07) is 19.5. The van der Waals surface area contributed by atoms with Gasteiger partial charge in [-0.2, -0.15) is 0 Å². The standard InChI is InChI=1S/C19H20N2/c1-20-14-19(11-15-5-4-10-21-13-15)18-9-8-16-6-2-3-7-17(16)12-18/h2-10,12-13,19-20H,11,14H2,1H3. The molecule has 0 radical (unpaired) electrons. The molecule has 0 saturated carbocycles. The molecule has 1 N–H and O–H groups in total. The molecule has 1 heterocycles. The van der Waals surface area contributed by atoms with Gasteiger partial charge in [0.1, 0.15) is 0 Å². The fourth-order valence-corrected chi connectivity index (χ4v) is 2.82. The van der Waals surface area contributed by atoms with Crippen LogP contribution in [0.2, 0.25) is 0 Å². The van der Waals surface area contributed by atoms with E-state index in [1.807, 2.05) is 25.5 Å². The van der Waals surface area contributed by atoms with Gasteiger partial charge in [-0.3, -0.25) is 4.98 Å². The molecule has 3 rings (SSSR count). The first-order chi connectivity index (χ1) is 10.4. The Morgan fingerprint density at radius 3 is 2.62 bits per heavy atom. The molecule has 2 nitrogen and oxygen atoms in total. The molecule has 21 heavy (non-hydrogen) atoms. The van der Waals surface area contributed by atoms with Crippen LogP contribution in [0, 0.1) is 0 Å². The Bertz CT molecular complexity index is 707. The van der Waals surface area contributed by atoms with E-state index in [9.17, 15) is 0 Å². The monoisotopic (exact) mass is 276 g/mol. The maximum atomic E-state index is 4.22. The first-order valence-electron chi connectivity index (χ1n) is 7.39. The number of hydrogen-bond acceptors (Lipinski definition) is 2. The first kappa shape index (κ1) is 13.8. The minimum atomic E-state index is 0.462. The lowest BCUT2D eigenvalue weighted by Gasteiger charge is -2.17. The summed E-state index contributed by atoms with van der Waals surface area (Å²) in [6.07, 6.45) is 4.79. The Balaban J connectivity index is 1.91. The van der Waals surface area contributed by atoms with Gasteiger partial charge in [-0.05, 0) is 41.4 Å². The average molecular weight is 276 g/mol. The Morgan fingerprint density at radius 2 is 1.86 bits per heavy atom. The molecule has 0 aliphatic heterocycles. The van der Waals surface area contributed by atoms with Gasteiger partial charge in [-0.15, -0.1) is 0 Å². The van der Waals surface area contributed by atoms with Crippen molar-refractivity contribution in [1.29, 1.82) is 0 Å². The highest BCUT2D eigenvalue weighted by Gasteiger charge is 2.12. The molecule has 0 aliphatic rings. The minimum absolute atomic E-state index is 0.462. The van der Waals surface area contributed by atoms with Crippen LogP contribution in [0.5, 0.6) is 0 Å². The normalized spacial score (nSPS) is 12.4. The van der Waals surface area contributed by atoms with E-state index in [1.54, 1.807) is 0 Å². The Hall–Kier alpha value is -2.19. The van der Waals surface area contributed by atoms with Crippen molar-refractivity contribution >= 4 is 10.8 Å². The van der Waals surface area contributed by atoms with E-state index in [-0.39, 0.29) is 0 Å². The molecule has 0 amide bonds. The van der Waals surface area contributed by atoms with Crippen molar-refractivity contribution < 1.29 is 0 Å². The second-order valence-corrected chi connectivity index (χ2v) is 5.43. The molecular weight excluding hydrogens is 256 g/mol. The Morgan fingerprint density at radius 1 is 1.00 bits per heavy atom. The number of aromatic nitrogens is 1. The third-order valence-corrected chi connectivity index (χ3v) is 3.90. The van der Waals surface area contributed by atoms with Crippen LogP contribution in [0.4, 0.5) is 0 Å². The number of hydrogen-bond donors (Lipinski definition) is 1. The highest BCUT2D eigenvalue weighted by Crippen LogP contribution is 2.24. The highest BCUT2D eigenvalue weighted by molar-refractivity contribution is 5.83. The van der Waals surface area contributed by atoms with Crippen molar-refractivity contribution in [2.24, 2.45) is 0 Å². The van der Waals surface area contributed by atoms with Crippen LogP contribution >= 0.6 is 0 Å². The summed E-state index contributed by atoms with van der Waals surface area (Å²) in [5.41, 5.74) is 2.66. The van der Waals surface area contributed by atoms with E-state index in [2.05, 4.69) is 58.8 Å². The fraction of sp³-hybridized carbons (Fsp3) is 0.211. The highest BCUT2D eigenvalue weighted by atomic mass is 14.8. The summed E-state index contributed by atoms with van der Waals surface area (Å²) in [7, 11) is 2.01. The smallest absolute Gasteiger partial charge is 0.0300 e. The zero-order chi connectivity index (χ0) is 14.5. The van der Waals surface area contributed by atoms with Gasteiger partial charge in [0.25, 0.3) is 0 Å². The summed E-state index contributed by atoms with van der Waals surface area (Å²) in [4.78, 5) is 4.22. The van der Waals surface area contributed by atoms with Gasteiger partial charge in [0, 0.05) is 24.9 Å². The molecule has 0 saturated heterocycles. The Kier molecular flexibility index (Phi) is 4.27. The molecule has 2 heteroatoms. The first-order valence-corrected chi connectivity index (χ1v) is 7.39. The molecule has 1 unspecified atom stereocenters. The molecule has 0 aliphatic carbocycles. The number of likely N-dealkylation sites (N-methyl/N-ethyl adjacent to an activating group) is 1. The quantitative estimate of drug-likeness (QED) is 0.767. The Labute approximate surface area is 125 Å². The van der Waals surface area contributed by atoms with E-state index in [4.69, 9.17) is 0 Å². The fourth-order valence-electron chi connectivity index (χ4n) is 2.82. The van der Waals surface area contributed by atoms with Crippen molar-refractivity contribution in [1.82, 2.24) is 10.3 Å². The van der Waals surface area contributed by atoms with Gasteiger partial charge in [-0.1, -0.05) is 48.5 Å². The van der Waals surface area contributed by atoms with E-state index in [1.165, 1.54) is 21.9 Å². The van der Waals surface area contributed by atoms with E-state index in [0.717, 1.165) is 13.0 Å². The van der Waals surface area contributed by atoms with Crippen LogP contribution < -0.4 is 5.32 Å². The van der Waals surface area contributed by atoms with Crippen LogP contribution in [0.3, 0.4) is 0 Å². The van der Waals surface area contributed by atoms with Crippen LogP contribution in [-0.4, -0.2) is 18.6 Å². The van der Waals surface area contributed by atoms with Crippen LogP contribution in [0.15, 0.2) is 67.0 Å². The third kappa shape index (κ3) is 3.29. The molecule has 0 fully saturated rings. The van der Waals surface area contributed by atoms with E-state index < -0.39 is 0 Å². The lowest BCUT2D eigenvalue weighted by molar-refractivity contribution is 0.625. The summed E-state index contributed by atoms with van der Waals surface area (Å²) < 4.78 is 0. The number of pyridine rings is 1. The van der Waals surface area contributed by atoms with Crippen molar-refractivity contribution in [3.63, 3.8) is 0 Å². The number of nitrogens with zero attached hydrogens (tertiary/aromatic N) is 1. The number of nitrogens with one attached hydrogen (secondary N) is 1. The lowest BCUT2D eigenvalue weighted by Crippen LogP contribution is -2.19. The van der Waals surface area contributed by atoms with Crippen molar-refractivity contribution in [3.05, 3.63) is 78.1 Å². The van der Waals surface area contributed by atoms with Gasteiger partial charge in [-0.25, -0.2) is 0 Å². The summed E-state index contributed by atoms with van der Waals surface area (Å²) in [5.74, 6) is 0.462. The summed E-state index contributed by atoms with van der Waals surface area (Å²) in [6.45, 7) is 0.966. The van der Waals surface area contributed by atoms with Crippen LogP contribution in [0.1, 0.15) is 17.0 Å². The zero-order valence-electron chi connectivity index (χ0n) is 12.3. The molecule has 1 atom stereocenters. The second-order valence-electron chi connectivity index (χ2n) is 5.43. The maximum absolute atomic E-state index is 4.22. The average Bonchev–Trinajstić information content (AvgIpc) is 2.55. The van der Waals surface area contributed by atoms with Crippen LogP contribution in [-0.2, 0) is 6.42 Å². The molecule has 1 aromatic heterocycles. The van der Waals surface area contributed by atoms with Gasteiger partial charge >= 0.3 is 0 Å². The zero-order valence-corrected chi connectivity index (χ0v) is 12.3. The second kappa shape index (κ2) is 6.51. The summed E-state index contributed by atoms with van der Waals surface area (Å²) in [5, 5.41) is 5.92. The van der Waals surface area contributed by atoms with Gasteiger partial charge in [0.2, 0.25) is 0 Å². The van der Waals surface area contributed by atoms with Gasteiger partial charge in [0.15, 0.2) is 0 Å². The molecule has 3 aromatic rings. The third-order valence-electron chi connectivity index (χ3n) is 3.90. The lowest BCUT2D eigenvalue weighted by atomic mass is 9.91. The molecule has 106 valence electrons. The van der Waals surface area contributed by atoms with Crippen LogP contribution in [0.25, 0.3) is 10.8 Å². The molecule has 2 aromatic carbocycles. The molecule has 0 spiro atoms. The number of rotatable bonds is 5. The molecule has 0 bridgehead atoms. The predicted molar refractivity (Wildman–Crippen MR) is 88.6 cm³/mol. The SMILES string of the molecule is CNCC(Cc1cccnc1)c1ccc2ccccc2c1. The summed E-state index contributed by atoms with van der Waals surface area (Å²) >= 11 is 0. The van der Waals surface area contributed by atoms with Crippen molar-refractivity contribution in [3.8, 4) is 0 Å². The van der Waals surface area contributed by atoms with Gasteiger partial charge in [0.05, 0.1) is 0 Å². The van der Waals surface area contributed by atoms with E-state index in [0.29, 0.717) is 5.92 Å². The maximum Gasteiger partial charge on any atom is 0.0300 e.